The topological polar surface area (TPSA) is 75.0 Å². The minimum Gasteiger partial charge on any atom is -0.323 e. The van der Waals surface area contributed by atoms with Gasteiger partial charge >= 0.3 is 0 Å². The highest BCUT2D eigenvalue weighted by Crippen LogP contribution is 2.34. The molecule has 0 atom stereocenters. The van der Waals surface area contributed by atoms with E-state index in [1.165, 1.54) is 16.2 Å². The first-order chi connectivity index (χ1) is 20.1. The molecular formula is C32H27F2N7. The predicted molar refractivity (Wildman–Crippen MR) is 153 cm³/mol. The smallest absolute Gasteiger partial charge is 0.179 e. The lowest BCUT2D eigenvalue weighted by atomic mass is 9.95. The number of rotatable bonds is 6. The second-order valence-corrected chi connectivity index (χ2v) is 10.4. The molecule has 1 fully saturated rings. The average Bonchev–Trinajstić information content (AvgIpc) is 3.65. The van der Waals surface area contributed by atoms with Crippen molar-refractivity contribution in [1.29, 1.82) is 0 Å². The van der Waals surface area contributed by atoms with E-state index in [9.17, 15) is 8.78 Å². The molecule has 1 N–H and O–H groups in total. The summed E-state index contributed by atoms with van der Waals surface area (Å²) in [5.74, 6) is 0.638. The molecular weight excluding hydrogens is 520 g/mol. The van der Waals surface area contributed by atoms with Gasteiger partial charge in [-0.25, -0.2) is 13.8 Å². The SMILES string of the molecule is Fc1cc(F)c2nc(-c3ccc(CN4CCC(c5nnc(-c6ccccn6)[nH]5)CC4)cc3)c(-c3ccccc3)n2c1. The standard InChI is InChI=1S/C32H27F2N7/c33-25-18-26(34)32-36-28(29(41(32)20-25)23-6-2-1-3-7-23)22-11-9-21(10-12-22)19-40-16-13-24(14-17-40)30-37-31(39-38-30)27-8-4-5-15-35-27/h1-12,15,18,20,24H,13-14,16-17,19H2,(H,37,38,39). The Morgan fingerprint density at radius 3 is 2.39 bits per heavy atom. The van der Waals surface area contributed by atoms with Gasteiger partial charge in [-0.2, -0.15) is 0 Å². The number of pyridine rings is 2. The summed E-state index contributed by atoms with van der Waals surface area (Å²) in [5, 5.41) is 8.70. The highest BCUT2D eigenvalue weighted by Gasteiger charge is 2.24. The van der Waals surface area contributed by atoms with Crippen LogP contribution in [0.4, 0.5) is 8.78 Å². The average molecular weight is 548 g/mol. The van der Waals surface area contributed by atoms with E-state index in [0.717, 1.165) is 61.2 Å². The lowest BCUT2D eigenvalue weighted by Crippen LogP contribution is -2.32. The van der Waals surface area contributed by atoms with E-state index in [4.69, 9.17) is 0 Å². The fraction of sp³-hybridized carbons (Fsp3) is 0.188. The van der Waals surface area contributed by atoms with Crippen LogP contribution in [0.25, 0.3) is 39.7 Å². The van der Waals surface area contributed by atoms with Gasteiger partial charge < -0.3 is 4.98 Å². The summed E-state index contributed by atoms with van der Waals surface area (Å²) in [6.07, 6.45) is 5.04. The van der Waals surface area contributed by atoms with E-state index in [1.807, 2.05) is 60.7 Å². The molecule has 0 radical (unpaired) electrons. The lowest BCUT2D eigenvalue weighted by Gasteiger charge is -2.30. The number of halogens is 2. The maximum Gasteiger partial charge on any atom is 0.179 e. The molecule has 4 aromatic heterocycles. The Bertz CT molecular complexity index is 1790. The first-order valence-electron chi connectivity index (χ1n) is 13.7. The molecule has 1 saturated heterocycles. The molecule has 9 heteroatoms. The van der Waals surface area contributed by atoms with Crippen molar-refractivity contribution in [2.24, 2.45) is 0 Å². The number of benzene rings is 2. The summed E-state index contributed by atoms with van der Waals surface area (Å²) in [7, 11) is 0. The number of hydrogen-bond acceptors (Lipinski definition) is 5. The fourth-order valence-electron chi connectivity index (χ4n) is 5.61. The van der Waals surface area contributed by atoms with E-state index >= 15 is 0 Å². The summed E-state index contributed by atoms with van der Waals surface area (Å²) < 4.78 is 30.3. The maximum atomic E-state index is 14.7. The van der Waals surface area contributed by atoms with Crippen molar-refractivity contribution >= 4 is 5.65 Å². The fourth-order valence-corrected chi connectivity index (χ4v) is 5.61. The molecule has 0 unspecified atom stereocenters. The molecule has 0 saturated carbocycles. The monoisotopic (exact) mass is 547 g/mol. The van der Waals surface area contributed by atoms with Crippen LogP contribution in [0.3, 0.4) is 0 Å². The van der Waals surface area contributed by atoms with Crippen molar-refractivity contribution in [2.45, 2.75) is 25.3 Å². The molecule has 7 nitrogen and oxygen atoms in total. The zero-order chi connectivity index (χ0) is 27.8. The van der Waals surface area contributed by atoms with Gasteiger partial charge in [0.05, 0.1) is 11.4 Å². The number of nitrogens with zero attached hydrogens (tertiary/aromatic N) is 6. The molecule has 0 aliphatic carbocycles. The van der Waals surface area contributed by atoms with Crippen LogP contribution < -0.4 is 0 Å². The Balaban J connectivity index is 1.07. The number of aromatic nitrogens is 6. The number of H-pyrrole nitrogens is 1. The van der Waals surface area contributed by atoms with Crippen LogP contribution in [-0.4, -0.2) is 47.5 Å². The summed E-state index contributed by atoms with van der Waals surface area (Å²) >= 11 is 0. The highest BCUT2D eigenvalue weighted by molar-refractivity contribution is 5.82. The first kappa shape index (κ1) is 25.2. The van der Waals surface area contributed by atoms with E-state index in [1.54, 1.807) is 6.20 Å². The molecule has 0 amide bonds. The lowest BCUT2D eigenvalue weighted by molar-refractivity contribution is 0.202. The Hall–Kier alpha value is -4.76. The molecule has 5 heterocycles. The predicted octanol–water partition coefficient (Wildman–Crippen LogP) is 6.51. The van der Waals surface area contributed by atoms with E-state index < -0.39 is 11.6 Å². The zero-order valence-electron chi connectivity index (χ0n) is 22.2. The van der Waals surface area contributed by atoms with Crippen LogP contribution in [0.2, 0.25) is 0 Å². The highest BCUT2D eigenvalue weighted by atomic mass is 19.1. The molecule has 0 spiro atoms. The van der Waals surface area contributed by atoms with Gasteiger partial charge in [0, 0.05) is 42.0 Å². The number of fused-ring (bicyclic) bond motifs is 1. The summed E-state index contributed by atoms with van der Waals surface area (Å²) in [6.45, 7) is 2.75. The van der Waals surface area contributed by atoms with Gasteiger partial charge in [0.15, 0.2) is 17.3 Å². The van der Waals surface area contributed by atoms with E-state index in [0.29, 0.717) is 23.1 Å². The first-order valence-corrected chi connectivity index (χ1v) is 13.7. The summed E-state index contributed by atoms with van der Waals surface area (Å²) in [6, 6.07) is 24.4. The summed E-state index contributed by atoms with van der Waals surface area (Å²) in [5.41, 5.74) is 5.05. The van der Waals surface area contributed by atoms with Gasteiger partial charge in [0.25, 0.3) is 0 Å². The molecule has 7 rings (SSSR count). The van der Waals surface area contributed by atoms with Gasteiger partial charge in [-0.05, 0) is 43.6 Å². The van der Waals surface area contributed by atoms with Crippen LogP contribution in [0.5, 0.6) is 0 Å². The normalized spacial score (nSPS) is 14.6. The van der Waals surface area contributed by atoms with Crippen molar-refractivity contribution in [3.63, 3.8) is 0 Å². The molecule has 0 bridgehead atoms. The number of hydrogen-bond donors (Lipinski definition) is 1. The number of imidazole rings is 1. The van der Waals surface area contributed by atoms with Crippen LogP contribution in [-0.2, 0) is 6.54 Å². The molecule has 1 aliphatic heterocycles. The quantitative estimate of drug-likeness (QED) is 0.257. The van der Waals surface area contributed by atoms with Crippen LogP contribution in [0.1, 0.15) is 30.1 Å². The van der Waals surface area contributed by atoms with Crippen LogP contribution in [0, 0.1) is 11.6 Å². The van der Waals surface area contributed by atoms with Crippen molar-refractivity contribution in [1.82, 2.24) is 34.4 Å². The van der Waals surface area contributed by atoms with Gasteiger partial charge in [-0.15, -0.1) is 10.2 Å². The summed E-state index contributed by atoms with van der Waals surface area (Å²) in [4.78, 5) is 14.8. The van der Waals surface area contributed by atoms with Crippen LogP contribution in [0.15, 0.2) is 91.3 Å². The van der Waals surface area contributed by atoms with Gasteiger partial charge in [0.2, 0.25) is 0 Å². The van der Waals surface area contributed by atoms with Crippen molar-refractivity contribution in [2.75, 3.05) is 13.1 Å². The number of nitrogens with one attached hydrogen (secondary N) is 1. The Kier molecular flexibility index (Phi) is 6.56. The number of likely N-dealkylation sites (tertiary alicyclic amines) is 1. The second kappa shape index (κ2) is 10.7. The van der Waals surface area contributed by atoms with Crippen molar-refractivity contribution in [3.8, 4) is 34.0 Å². The van der Waals surface area contributed by atoms with Crippen molar-refractivity contribution in [3.05, 3.63) is 114 Å². The van der Waals surface area contributed by atoms with Gasteiger partial charge in [-0.3, -0.25) is 14.3 Å². The molecule has 2 aromatic carbocycles. The maximum absolute atomic E-state index is 14.7. The largest absolute Gasteiger partial charge is 0.323 e. The number of piperidine rings is 1. The second-order valence-electron chi connectivity index (χ2n) is 10.4. The molecule has 204 valence electrons. The van der Waals surface area contributed by atoms with E-state index in [-0.39, 0.29) is 5.65 Å². The Labute approximate surface area is 235 Å². The third kappa shape index (κ3) is 5.00. The number of aromatic amines is 1. The Morgan fingerprint density at radius 1 is 0.854 bits per heavy atom. The van der Waals surface area contributed by atoms with Gasteiger partial charge in [-0.1, -0.05) is 60.7 Å². The molecule has 6 aromatic rings. The third-order valence-corrected chi connectivity index (χ3v) is 7.71. The van der Waals surface area contributed by atoms with E-state index in [2.05, 4.69) is 42.2 Å². The minimum atomic E-state index is -0.688. The van der Waals surface area contributed by atoms with Crippen LogP contribution >= 0.6 is 0 Å². The third-order valence-electron chi connectivity index (χ3n) is 7.71. The molecule has 1 aliphatic rings. The zero-order valence-corrected chi connectivity index (χ0v) is 22.2. The van der Waals surface area contributed by atoms with Crippen molar-refractivity contribution < 1.29 is 8.78 Å². The van der Waals surface area contributed by atoms with Gasteiger partial charge in [0.1, 0.15) is 17.3 Å². The minimum absolute atomic E-state index is 0.103. The Morgan fingerprint density at radius 2 is 1.63 bits per heavy atom. The molecule has 41 heavy (non-hydrogen) atoms.